The van der Waals surface area contributed by atoms with Gasteiger partial charge >= 0.3 is 0 Å². The van der Waals surface area contributed by atoms with Crippen LogP contribution in [0.4, 0.5) is 0 Å². The summed E-state index contributed by atoms with van der Waals surface area (Å²) in [5.41, 5.74) is 1.21. The van der Waals surface area contributed by atoms with E-state index in [4.69, 9.17) is 4.74 Å². The molecular formula is C15H19N3OS. The topological polar surface area (TPSA) is 47.0 Å². The molecule has 0 aliphatic heterocycles. The zero-order valence-corrected chi connectivity index (χ0v) is 12.4. The van der Waals surface area contributed by atoms with E-state index in [1.165, 1.54) is 18.4 Å². The molecule has 0 atom stereocenters. The number of aryl methyl sites for hydroxylation is 1. The zero-order valence-electron chi connectivity index (χ0n) is 11.6. The molecule has 1 aromatic carbocycles. The third-order valence-corrected chi connectivity index (χ3v) is 4.19. The fraction of sp³-hybridized carbons (Fsp3) is 0.467. The number of aromatic nitrogens is 2. The van der Waals surface area contributed by atoms with Crippen LogP contribution in [0, 0.1) is 6.92 Å². The van der Waals surface area contributed by atoms with Gasteiger partial charge in [-0.25, -0.2) is 0 Å². The second-order valence-corrected chi connectivity index (χ2v) is 6.31. The summed E-state index contributed by atoms with van der Waals surface area (Å²) in [5.74, 6) is 0.921. The Labute approximate surface area is 123 Å². The van der Waals surface area contributed by atoms with Gasteiger partial charge in [0.05, 0.1) is 6.61 Å². The SMILES string of the molecule is Cc1cccc(OCCc2nnc(CNC3CC3)s2)c1. The molecule has 1 aromatic heterocycles. The van der Waals surface area contributed by atoms with E-state index in [0.29, 0.717) is 12.6 Å². The standard InChI is InChI=1S/C15H19N3OS/c1-11-3-2-4-13(9-11)19-8-7-14-17-18-15(20-14)10-16-12-5-6-12/h2-4,9,12,16H,5-8,10H2,1H3. The summed E-state index contributed by atoms with van der Waals surface area (Å²) in [6.45, 7) is 3.56. The van der Waals surface area contributed by atoms with E-state index in [1.807, 2.05) is 18.2 Å². The van der Waals surface area contributed by atoms with E-state index < -0.39 is 0 Å². The predicted molar refractivity (Wildman–Crippen MR) is 80.1 cm³/mol. The summed E-state index contributed by atoms with van der Waals surface area (Å²) in [4.78, 5) is 0. The second-order valence-electron chi connectivity index (χ2n) is 5.16. The molecule has 0 amide bonds. The van der Waals surface area contributed by atoms with Crippen molar-refractivity contribution < 1.29 is 4.74 Å². The van der Waals surface area contributed by atoms with Crippen molar-refractivity contribution in [3.63, 3.8) is 0 Å². The van der Waals surface area contributed by atoms with Crippen molar-refractivity contribution in [3.05, 3.63) is 39.8 Å². The van der Waals surface area contributed by atoms with Gasteiger partial charge in [0.1, 0.15) is 15.8 Å². The van der Waals surface area contributed by atoms with Crippen LogP contribution in [-0.2, 0) is 13.0 Å². The average Bonchev–Trinajstić information content (AvgIpc) is 3.16. The van der Waals surface area contributed by atoms with Gasteiger partial charge in [0.2, 0.25) is 0 Å². The smallest absolute Gasteiger partial charge is 0.131 e. The maximum Gasteiger partial charge on any atom is 0.131 e. The number of hydrogen-bond acceptors (Lipinski definition) is 5. The highest BCUT2D eigenvalue weighted by Crippen LogP contribution is 2.20. The molecule has 0 spiro atoms. The van der Waals surface area contributed by atoms with Crippen LogP contribution < -0.4 is 10.1 Å². The summed E-state index contributed by atoms with van der Waals surface area (Å²) in [6, 6.07) is 8.82. The van der Waals surface area contributed by atoms with Crippen LogP contribution >= 0.6 is 11.3 Å². The Balaban J connectivity index is 1.43. The molecule has 1 saturated carbocycles. The summed E-state index contributed by atoms with van der Waals surface area (Å²) in [6.07, 6.45) is 3.42. The molecule has 0 saturated heterocycles. The van der Waals surface area contributed by atoms with Crippen LogP contribution in [0.2, 0.25) is 0 Å². The van der Waals surface area contributed by atoms with Gasteiger partial charge in [-0.05, 0) is 37.5 Å². The summed E-state index contributed by atoms with van der Waals surface area (Å²) >= 11 is 1.68. The van der Waals surface area contributed by atoms with Gasteiger partial charge in [0.25, 0.3) is 0 Å². The van der Waals surface area contributed by atoms with Crippen LogP contribution in [0.15, 0.2) is 24.3 Å². The van der Waals surface area contributed by atoms with Gasteiger partial charge < -0.3 is 10.1 Å². The molecule has 2 aromatic rings. The molecule has 0 unspecified atom stereocenters. The molecule has 5 heteroatoms. The molecule has 3 rings (SSSR count). The highest BCUT2D eigenvalue weighted by Gasteiger charge is 2.20. The average molecular weight is 289 g/mol. The Morgan fingerprint density at radius 1 is 1.30 bits per heavy atom. The largest absolute Gasteiger partial charge is 0.493 e. The quantitative estimate of drug-likeness (QED) is 0.851. The number of ether oxygens (including phenoxy) is 1. The fourth-order valence-corrected chi connectivity index (χ4v) is 2.72. The van der Waals surface area contributed by atoms with E-state index in [-0.39, 0.29) is 0 Å². The highest BCUT2D eigenvalue weighted by molar-refractivity contribution is 7.11. The third-order valence-electron chi connectivity index (χ3n) is 3.20. The molecular weight excluding hydrogens is 270 g/mol. The van der Waals surface area contributed by atoms with Crippen molar-refractivity contribution in [1.29, 1.82) is 0 Å². The number of hydrogen-bond donors (Lipinski definition) is 1. The van der Waals surface area contributed by atoms with Crippen molar-refractivity contribution >= 4 is 11.3 Å². The van der Waals surface area contributed by atoms with Crippen LogP contribution in [-0.4, -0.2) is 22.8 Å². The third kappa shape index (κ3) is 4.02. The first-order chi connectivity index (χ1) is 9.79. The van der Waals surface area contributed by atoms with Crippen molar-refractivity contribution in [2.24, 2.45) is 0 Å². The van der Waals surface area contributed by atoms with Gasteiger partial charge in [-0.15, -0.1) is 21.5 Å². The summed E-state index contributed by atoms with van der Waals surface area (Å²) in [7, 11) is 0. The molecule has 1 heterocycles. The lowest BCUT2D eigenvalue weighted by Crippen LogP contribution is -2.14. The minimum Gasteiger partial charge on any atom is -0.493 e. The summed E-state index contributed by atoms with van der Waals surface area (Å²) in [5, 5.41) is 14.0. The van der Waals surface area contributed by atoms with Crippen LogP contribution in [0.3, 0.4) is 0 Å². The van der Waals surface area contributed by atoms with Gasteiger partial charge in [0.15, 0.2) is 0 Å². The Hall–Kier alpha value is -1.46. The first-order valence-electron chi connectivity index (χ1n) is 7.04. The van der Waals surface area contributed by atoms with E-state index in [0.717, 1.165) is 28.7 Å². The van der Waals surface area contributed by atoms with Crippen molar-refractivity contribution in [1.82, 2.24) is 15.5 Å². The monoisotopic (exact) mass is 289 g/mol. The van der Waals surface area contributed by atoms with Gasteiger partial charge in [-0.3, -0.25) is 0 Å². The highest BCUT2D eigenvalue weighted by atomic mass is 32.1. The Kier molecular flexibility index (Phi) is 4.28. The molecule has 106 valence electrons. The second kappa shape index (κ2) is 6.33. The molecule has 1 aliphatic carbocycles. The predicted octanol–water partition coefficient (Wildman–Crippen LogP) is 2.72. The summed E-state index contributed by atoms with van der Waals surface area (Å²) < 4.78 is 5.73. The number of rotatable bonds is 7. The van der Waals surface area contributed by atoms with Gasteiger partial charge in [-0.2, -0.15) is 0 Å². The molecule has 1 aliphatic rings. The number of nitrogens with one attached hydrogen (secondary N) is 1. The van der Waals surface area contributed by atoms with Crippen molar-refractivity contribution in [2.75, 3.05) is 6.61 Å². The molecule has 1 N–H and O–H groups in total. The lowest BCUT2D eigenvalue weighted by atomic mass is 10.2. The van der Waals surface area contributed by atoms with Crippen LogP contribution in [0.5, 0.6) is 5.75 Å². The minimum absolute atomic E-state index is 0.647. The first-order valence-corrected chi connectivity index (χ1v) is 7.85. The molecule has 0 bridgehead atoms. The van der Waals surface area contributed by atoms with Gasteiger partial charge in [0, 0.05) is 19.0 Å². The first kappa shape index (κ1) is 13.5. The maximum atomic E-state index is 5.73. The van der Waals surface area contributed by atoms with E-state index in [9.17, 15) is 0 Å². The Morgan fingerprint density at radius 2 is 2.15 bits per heavy atom. The van der Waals surface area contributed by atoms with E-state index in [2.05, 4.69) is 28.5 Å². The Morgan fingerprint density at radius 3 is 2.95 bits per heavy atom. The minimum atomic E-state index is 0.647. The van der Waals surface area contributed by atoms with Gasteiger partial charge in [-0.1, -0.05) is 12.1 Å². The normalized spacial score (nSPS) is 14.4. The zero-order chi connectivity index (χ0) is 13.8. The lowest BCUT2D eigenvalue weighted by Gasteiger charge is -2.04. The molecule has 4 nitrogen and oxygen atoms in total. The van der Waals surface area contributed by atoms with Crippen molar-refractivity contribution in [3.8, 4) is 5.75 Å². The molecule has 20 heavy (non-hydrogen) atoms. The van der Waals surface area contributed by atoms with Crippen molar-refractivity contribution in [2.45, 2.75) is 38.8 Å². The van der Waals surface area contributed by atoms with E-state index >= 15 is 0 Å². The van der Waals surface area contributed by atoms with Crippen LogP contribution in [0.25, 0.3) is 0 Å². The van der Waals surface area contributed by atoms with Crippen LogP contribution in [0.1, 0.15) is 28.4 Å². The lowest BCUT2D eigenvalue weighted by molar-refractivity contribution is 0.321. The van der Waals surface area contributed by atoms with E-state index in [1.54, 1.807) is 11.3 Å². The number of benzene rings is 1. The Bertz CT molecular complexity index is 566. The molecule has 1 fully saturated rings. The number of nitrogens with zero attached hydrogens (tertiary/aromatic N) is 2. The fourth-order valence-electron chi connectivity index (χ4n) is 1.94. The maximum absolute atomic E-state index is 5.73. The molecule has 0 radical (unpaired) electrons.